The average Bonchev–Trinajstić information content (AvgIpc) is 2.37. The maximum Gasteiger partial charge on any atom is 0.0852 e. The molecular weight excluding hydrogens is 212 g/mol. The maximum absolute atomic E-state index is 5.80. The van der Waals surface area contributed by atoms with Gasteiger partial charge in [-0.05, 0) is 19.4 Å². The van der Waals surface area contributed by atoms with Gasteiger partial charge in [-0.2, -0.15) is 0 Å². The van der Waals surface area contributed by atoms with Gasteiger partial charge in [0.25, 0.3) is 0 Å². The number of hydrogen-bond donors (Lipinski definition) is 0. The summed E-state index contributed by atoms with van der Waals surface area (Å²) in [6.45, 7) is 8.51. The summed E-state index contributed by atoms with van der Waals surface area (Å²) in [4.78, 5) is 0. The van der Waals surface area contributed by atoms with Crippen molar-refractivity contribution < 1.29 is 9.47 Å². The van der Waals surface area contributed by atoms with Crippen molar-refractivity contribution in [2.75, 3.05) is 7.11 Å². The lowest BCUT2D eigenvalue weighted by atomic mass is 9.99. The lowest BCUT2D eigenvalue weighted by Gasteiger charge is -2.27. The van der Waals surface area contributed by atoms with E-state index in [1.807, 2.05) is 31.2 Å². The Morgan fingerprint density at radius 1 is 1.35 bits per heavy atom. The first-order valence-electron chi connectivity index (χ1n) is 5.94. The van der Waals surface area contributed by atoms with Gasteiger partial charge in [-0.25, -0.2) is 0 Å². The summed E-state index contributed by atoms with van der Waals surface area (Å²) >= 11 is 0. The van der Waals surface area contributed by atoms with Crippen LogP contribution >= 0.6 is 0 Å². The monoisotopic (exact) mass is 234 g/mol. The molecule has 0 aliphatic carbocycles. The number of ether oxygens (including phenoxy) is 2. The molecule has 0 aliphatic heterocycles. The molecule has 17 heavy (non-hydrogen) atoms. The van der Waals surface area contributed by atoms with Crippen LogP contribution in [0.1, 0.15) is 25.8 Å². The minimum atomic E-state index is -0.309. The zero-order valence-electron chi connectivity index (χ0n) is 11.0. The summed E-state index contributed by atoms with van der Waals surface area (Å²) in [7, 11) is 1.70. The Balaban J connectivity index is 2.40. The molecule has 0 radical (unpaired) electrons. The molecule has 0 saturated heterocycles. The molecule has 1 aromatic carbocycles. The molecule has 1 unspecified atom stereocenters. The third-order valence-corrected chi connectivity index (χ3v) is 2.97. The van der Waals surface area contributed by atoms with E-state index in [0.29, 0.717) is 6.61 Å². The van der Waals surface area contributed by atoms with Crippen LogP contribution in [0.2, 0.25) is 0 Å². The first kappa shape index (κ1) is 13.9. The summed E-state index contributed by atoms with van der Waals surface area (Å²) in [6.07, 6.45) is 2.77. The lowest BCUT2D eigenvalue weighted by molar-refractivity contribution is -0.0270. The third-order valence-electron chi connectivity index (χ3n) is 2.97. The standard InChI is InChI=1S/C15H22O2/c1-5-15(3,16-4)11-13(2)17-12-14-9-7-6-8-10-14/h5-10,13H,1,11-12H2,2-4H3/t13-,15?/m0/s1. The molecule has 2 nitrogen and oxygen atoms in total. The summed E-state index contributed by atoms with van der Waals surface area (Å²) in [5.74, 6) is 0. The maximum atomic E-state index is 5.80. The topological polar surface area (TPSA) is 18.5 Å². The van der Waals surface area contributed by atoms with Crippen LogP contribution in [0.5, 0.6) is 0 Å². The van der Waals surface area contributed by atoms with Gasteiger partial charge in [-0.15, -0.1) is 6.58 Å². The molecule has 2 atom stereocenters. The van der Waals surface area contributed by atoms with E-state index in [1.165, 1.54) is 5.56 Å². The van der Waals surface area contributed by atoms with Crippen molar-refractivity contribution in [2.24, 2.45) is 0 Å². The van der Waals surface area contributed by atoms with Crippen molar-refractivity contribution in [3.8, 4) is 0 Å². The van der Waals surface area contributed by atoms with Crippen molar-refractivity contribution in [3.05, 3.63) is 48.6 Å². The van der Waals surface area contributed by atoms with Gasteiger partial charge in [-0.1, -0.05) is 36.4 Å². The summed E-state index contributed by atoms with van der Waals surface area (Å²) in [5, 5.41) is 0. The predicted molar refractivity (Wildman–Crippen MR) is 70.9 cm³/mol. The lowest BCUT2D eigenvalue weighted by Crippen LogP contribution is -2.29. The summed E-state index contributed by atoms with van der Waals surface area (Å²) in [5.41, 5.74) is 0.882. The number of benzene rings is 1. The Kier molecular flexibility index (Phi) is 5.39. The van der Waals surface area contributed by atoms with Gasteiger partial charge in [0, 0.05) is 13.5 Å². The molecule has 2 heteroatoms. The van der Waals surface area contributed by atoms with Crippen LogP contribution < -0.4 is 0 Å². The van der Waals surface area contributed by atoms with E-state index in [2.05, 4.69) is 25.6 Å². The Bertz CT molecular complexity index is 334. The predicted octanol–water partition coefficient (Wildman–Crippen LogP) is 3.57. The Labute approximate surface area is 104 Å². The largest absolute Gasteiger partial charge is 0.374 e. The van der Waals surface area contributed by atoms with Crippen molar-refractivity contribution >= 4 is 0 Å². The molecule has 1 aromatic rings. The first-order valence-corrected chi connectivity index (χ1v) is 5.94. The van der Waals surface area contributed by atoms with Crippen molar-refractivity contribution in [1.29, 1.82) is 0 Å². The smallest absolute Gasteiger partial charge is 0.0852 e. The van der Waals surface area contributed by atoms with E-state index >= 15 is 0 Å². The summed E-state index contributed by atoms with van der Waals surface area (Å²) < 4.78 is 11.2. The van der Waals surface area contributed by atoms with Gasteiger partial charge < -0.3 is 9.47 Å². The normalized spacial score (nSPS) is 16.2. The van der Waals surface area contributed by atoms with E-state index in [4.69, 9.17) is 9.47 Å². The Morgan fingerprint density at radius 2 is 2.00 bits per heavy atom. The number of methoxy groups -OCH3 is 1. The molecule has 0 saturated carbocycles. The van der Waals surface area contributed by atoms with Crippen LogP contribution in [0.4, 0.5) is 0 Å². The van der Waals surface area contributed by atoms with E-state index in [9.17, 15) is 0 Å². The Hall–Kier alpha value is -1.12. The molecule has 1 rings (SSSR count). The van der Waals surface area contributed by atoms with Gasteiger partial charge in [-0.3, -0.25) is 0 Å². The fourth-order valence-electron chi connectivity index (χ4n) is 1.69. The molecule has 0 bridgehead atoms. The van der Waals surface area contributed by atoms with Gasteiger partial charge >= 0.3 is 0 Å². The van der Waals surface area contributed by atoms with Crippen molar-refractivity contribution in [2.45, 2.75) is 38.6 Å². The van der Waals surface area contributed by atoms with Crippen molar-refractivity contribution in [3.63, 3.8) is 0 Å². The molecule has 0 fully saturated rings. The molecule has 0 aromatic heterocycles. The number of hydrogen-bond acceptors (Lipinski definition) is 2. The molecule has 0 amide bonds. The van der Waals surface area contributed by atoms with Gasteiger partial charge in [0.2, 0.25) is 0 Å². The zero-order valence-corrected chi connectivity index (χ0v) is 11.0. The fourth-order valence-corrected chi connectivity index (χ4v) is 1.69. The van der Waals surface area contributed by atoms with Crippen LogP contribution in [0.3, 0.4) is 0 Å². The fraction of sp³-hybridized carbons (Fsp3) is 0.467. The van der Waals surface area contributed by atoms with Crippen molar-refractivity contribution in [1.82, 2.24) is 0 Å². The second kappa shape index (κ2) is 6.58. The SMILES string of the molecule is C=CC(C)(C[C@H](C)OCc1ccccc1)OC. The molecule has 0 aliphatic rings. The van der Waals surface area contributed by atoms with E-state index in [-0.39, 0.29) is 11.7 Å². The van der Waals surface area contributed by atoms with Crippen LogP contribution in [0, 0.1) is 0 Å². The van der Waals surface area contributed by atoms with Crippen LogP contribution in [-0.4, -0.2) is 18.8 Å². The van der Waals surface area contributed by atoms with Crippen LogP contribution in [0.25, 0.3) is 0 Å². The van der Waals surface area contributed by atoms with E-state index < -0.39 is 0 Å². The van der Waals surface area contributed by atoms with Gasteiger partial charge in [0.05, 0.1) is 18.3 Å². The van der Waals surface area contributed by atoms with E-state index in [0.717, 1.165) is 6.42 Å². The van der Waals surface area contributed by atoms with Crippen LogP contribution in [-0.2, 0) is 16.1 Å². The molecule has 0 N–H and O–H groups in total. The number of rotatable bonds is 7. The minimum Gasteiger partial charge on any atom is -0.374 e. The second-order valence-corrected chi connectivity index (χ2v) is 4.53. The quantitative estimate of drug-likeness (QED) is 0.671. The molecular formula is C15H22O2. The van der Waals surface area contributed by atoms with Gasteiger partial charge in [0.1, 0.15) is 0 Å². The highest BCUT2D eigenvalue weighted by Gasteiger charge is 2.22. The molecule has 94 valence electrons. The highest BCUT2D eigenvalue weighted by Crippen LogP contribution is 2.20. The summed E-state index contributed by atoms with van der Waals surface area (Å²) in [6, 6.07) is 10.2. The highest BCUT2D eigenvalue weighted by atomic mass is 16.5. The van der Waals surface area contributed by atoms with Crippen LogP contribution in [0.15, 0.2) is 43.0 Å². The zero-order chi connectivity index (χ0) is 12.7. The van der Waals surface area contributed by atoms with E-state index in [1.54, 1.807) is 7.11 Å². The van der Waals surface area contributed by atoms with Gasteiger partial charge in [0.15, 0.2) is 0 Å². The second-order valence-electron chi connectivity index (χ2n) is 4.53. The minimum absolute atomic E-state index is 0.137. The molecule has 0 heterocycles. The average molecular weight is 234 g/mol. The highest BCUT2D eigenvalue weighted by molar-refractivity contribution is 5.13. The molecule has 0 spiro atoms. The Morgan fingerprint density at radius 3 is 2.53 bits per heavy atom. The first-order chi connectivity index (χ1) is 8.09. The third kappa shape index (κ3) is 4.72.